The van der Waals surface area contributed by atoms with Gasteiger partial charge in [-0.1, -0.05) is 6.07 Å². The molecular weight excluding hydrogens is 340 g/mol. The zero-order chi connectivity index (χ0) is 18.1. The lowest BCUT2D eigenvalue weighted by molar-refractivity contribution is -0.137. The zero-order valence-electron chi connectivity index (χ0n) is 14.2. The van der Waals surface area contributed by atoms with Crippen LogP contribution < -0.4 is 23.7 Å². The molecule has 0 aromatic heterocycles. The molecule has 0 fully saturated rings. The minimum absolute atomic E-state index is 0.0560. The van der Waals surface area contributed by atoms with Gasteiger partial charge in [0.2, 0.25) is 6.79 Å². The Morgan fingerprint density at radius 2 is 2.00 bits per heavy atom. The number of benzene rings is 2. The van der Waals surface area contributed by atoms with Crippen molar-refractivity contribution in [2.75, 3.05) is 20.5 Å². The van der Waals surface area contributed by atoms with Gasteiger partial charge in [0.25, 0.3) is 0 Å². The monoisotopic (exact) mass is 358 g/mol. The van der Waals surface area contributed by atoms with Crippen molar-refractivity contribution in [2.24, 2.45) is 0 Å². The van der Waals surface area contributed by atoms with E-state index in [1.165, 1.54) is 0 Å². The molecule has 0 radical (unpaired) electrons. The number of fused-ring (bicyclic) bond motifs is 2. The number of carboxylic acids is 1. The van der Waals surface area contributed by atoms with Crippen LogP contribution in [0.4, 0.5) is 0 Å². The highest BCUT2D eigenvalue weighted by atomic mass is 16.7. The maximum atomic E-state index is 10.9. The van der Waals surface area contributed by atoms with Crippen molar-refractivity contribution in [3.8, 4) is 28.7 Å². The van der Waals surface area contributed by atoms with Crippen molar-refractivity contribution >= 4 is 5.97 Å². The molecule has 2 aromatic carbocycles. The van der Waals surface area contributed by atoms with Crippen LogP contribution >= 0.6 is 0 Å². The van der Waals surface area contributed by atoms with E-state index in [1.54, 1.807) is 19.2 Å². The van der Waals surface area contributed by atoms with Crippen LogP contribution in [0, 0.1) is 0 Å². The van der Waals surface area contributed by atoms with E-state index in [9.17, 15) is 4.79 Å². The fraction of sp³-hybridized carbons (Fsp3) is 0.316. The first-order valence-electron chi connectivity index (χ1n) is 8.22. The fourth-order valence-corrected chi connectivity index (χ4v) is 3.17. The van der Waals surface area contributed by atoms with Crippen LogP contribution in [-0.4, -0.2) is 31.6 Å². The summed E-state index contributed by atoms with van der Waals surface area (Å²) in [4.78, 5) is 10.9. The minimum atomic E-state index is -0.833. The van der Waals surface area contributed by atoms with E-state index < -0.39 is 5.97 Å². The number of hydrogen-bond acceptors (Lipinski definition) is 6. The first-order chi connectivity index (χ1) is 12.6. The Hall–Kier alpha value is -3.09. The van der Waals surface area contributed by atoms with Crippen LogP contribution in [0.1, 0.15) is 23.5 Å². The van der Waals surface area contributed by atoms with Gasteiger partial charge >= 0.3 is 5.97 Å². The van der Waals surface area contributed by atoms with E-state index in [0.717, 1.165) is 11.1 Å². The van der Waals surface area contributed by atoms with Crippen LogP contribution in [0.3, 0.4) is 0 Å². The van der Waals surface area contributed by atoms with Gasteiger partial charge in [0.1, 0.15) is 23.9 Å². The Morgan fingerprint density at radius 1 is 1.15 bits per heavy atom. The van der Waals surface area contributed by atoms with Gasteiger partial charge in [-0.25, -0.2) is 0 Å². The second kappa shape index (κ2) is 6.67. The van der Waals surface area contributed by atoms with Gasteiger partial charge in [0.15, 0.2) is 11.5 Å². The highest BCUT2D eigenvalue weighted by Gasteiger charge is 2.27. The van der Waals surface area contributed by atoms with Gasteiger partial charge < -0.3 is 28.8 Å². The molecule has 0 amide bonds. The Balaban J connectivity index is 1.50. The molecule has 0 bridgehead atoms. The molecule has 1 N–H and O–H groups in total. The summed E-state index contributed by atoms with van der Waals surface area (Å²) in [6.07, 6.45) is 0.0560. The molecule has 0 spiro atoms. The van der Waals surface area contributed by atoms with Crippen molar-refractivity contribution in [1.82, 2.24) is 0 Å². The summed E-state index contributed by atoms with van der Waals surface area (Å²) >= 11 is 0. The summed E-state index contributed by atoms with van der Waals surface area (Å²) in [5, 5.41) is 8.97. The summed E-state index contributed by atoms with van der Waals surface area (Å²) in [7, 11) is 1.59. The summed E-state index contributed by atoms with van der Waals surface area (Å²) in [5.41, 5.74) is 1.72. The molecule has 2 heterocycles. The van der Waals surface area contributed by atoms with Gasteiger partial charge in [-0.15, -0.1) is 0 Å². The maximum absolute atomic E-state index is 10.9. The van der Waals surface area contributed by atoms with Crippen LogP contribution in [0.25, 0.3) is 0 Å². The molecule has 2 aliphatic rings. The first-order valence-corrected chi connectivity index (χ1v) is 8.22. The van der Waals surface area contributed by atoms with E-state index >= 15 is 0 Å². The lowest BCUT2D eigenvalue weighted by Crippen LogP contribution is -2.07. The number of carboxylic acid groups (broad SMARTS) is 1. The van der Waals surface area contributed by atoms with Crippen LogP contribution in [0.15, 0.2) is 30.3 Å². The van der Waals surface area contributed by atoms with Gasteiger partial charge in [-0.05, 0) is 12.1 Å². The summed E-state index contributed by atoms with van der Waals surface area (Å²) in [6.45, 7) is 0.826. The smallest absolute Gasteiger partial charge is 0.304 e. The molecule has 4 rings (SSSR count). The van der Waals surface area contributed by atoms with Gasteiger partial charge in [0.05, 0.1) is 20.1 Å². The number of ether oxygens (including phenoxy) is 5. The normalized spacial score (nSPS) is 16.7. The largest absolute Gasteiger partial charge is 0.497 e. The molecule has 0 unspecified atom stereocenters. The Bertz CT molecular complexity index is 846. The molecule has 0 aliphatic carbocycles. The van der Waals surface area contributed by atoms with Crippen LogP contribution in [0.5, 0.6) is 28.7 Å². The van der Waals surface area contributed by atoms with E-state index in [0.29, 0.717) is 35.4 Å². The van der Waals surface area contributed by atoms with Crippen LogP contribution in [-0.2, 0) is 11.4 Å². The molecule has 7 heteroatoms. The third kappa shape index (κ3) is 3.08. The SMILES string of the molecule is COc1cc(COc2ccc3c(c2)OC[C@H]3CC(=O)O)c2c(c1)OCO2. The van der Waals surface area contributed by atoms with Crippen molar-refractivity contribution in [3.05, 3.63) is 41.5 Å². The zero-order valence-corrected chi connectivity index (χ0v) is 14.2. The molecule has 2 aliphatic heterocycles. The molecule has 0 saturated heterocycles. The highest BCUT2D eigenvalue weighted by molar-refractivity contribution is 5.68. The number of aliphatic carboxylic acids is 1. The van der Waals surface area contributed by atoms with Crippen molar-refractivity contribution in [1.29, 1.82) is 0 Å². The van der Waals surface area contributed by atoms with Crippen LogP contribution in [0.2, 0.25) is 0 Å². The molecule has 7 nitrogen and oxygen atoms in total. The second-order valence-electron chi connectivity index (χ2n) is 6.11. The minimum Gasteiger partial charge on any atom is -0.497 e. The third-order valence-corrected chi connectivity index (χ3v) is 4.44. The van der Waals surface area contributed by atoms with Gasteiger partial charge in [-0.2, -0.15) is 0 Å². The third-order valence-electron chi connectivity index (χ3n) is 4.44. The Labute approximate surface area is 150 Å². The number of rotatable bonds is 6. The number of carbonyl (C=O) groups is 1. The van der Waals surface area contributed by atoms with Crippen molar-refractivity contribution in [3.63, 3.8) is 0 Å². The molecule has 1 atom stereocenters. The average molecular weight is 358 g/mol. The van der Waals surface area contributed by atoms with E-state index in [-0.39, 0.29) is 25.7 Å². The average Bonchev–Trinajstić information content (AvgIpc) is 3.26. The molecule has 0 saturated carbocycles. The fourth-order valence-electron chi connectivity index (χ4n) is 3.17. The van der Waals surface area contributed by atoms with Gasteiger partial charge in [-0.3, -0.25) is 4.79 Å². The second-order valence-corrected chi connectivity index (χ2v) is 6.11. The van der Waals surface area contributed by atoms with Crippen molar-refractivity contribution in [2.45, 2.75) is 18.9 Å². The first kappa shape index (κ1) is 16.4. The Morgan fingerprint density at radius 3 is 2.81 bits per heavy atom. The maximum Gasteiger partial charge on any atom is 0.304 e. The molecule has 26 heavy (non-hydrogen) atoms. The van der Waals surface area contributed by atoms with E-state index in [2.05, 4.69) is 0 Å². The van der Waals surface area contributed by atoms with E-state index in [4.69, 9.17) is 28.8 Å². The quantitative estimate of drug-likeness (QED) is 0.850. The predicted molar refractivity (Wildman–Crippen MR) is 90.4 cm³/mol. The lowest BCUT2D eigenvalue weighted by Gasteiger charge is -2.11. The lowest BCUT2D eigenvalue weighted by atomic mass is 9.98. The summed E-state index contributed by atoms with van der Waals surface area (Å²) in [6, 6.07) is 9.09. The van der Waals surface area contributed by atoms with E-state index in [1.807, 2.05) is 18.2 Å². The standard InChI is InChI=1S/C19H18O7/c1-22-14-4-12(19-17(7-14)25-10-26-19)9-23-13-2-3-15-11(5-18(20)21)8-24-16(15)6-13/h2-4,6-7,11H,5,8-10H2,1H3,(H,20,21)/t11-/m1/s1. The number of methoxy groups -OCH3 is 1. The predicted octanol–water partition coefficient (Wildman–Crippen LogP) is 2.95. The summed E-state index contributed by atoms with van der Waals surface area (Å²) in [5.74, 6) is 2.31. The summed E-state index contributed by atoms with van der Waals surface area (Å²) < 4.78 is 27.7. The van der Waals surface area contributed by atoms with Gasteiger partial charge in [0, 0.05) is 29.2 Å². The molecule has 136 valence electrons. The topological polar surface area (TPSA) is 83.5 Å². The Kier molecular flexibility index (Phi) is 4.20. The molecular formula is C19H18O7. The van der Waals surface area contributed by atoms with Crippen molar-refractivity contribution < 1.29 is 33.6 Å². The number of hydrogen-bond donors (Lipinski definition) is 1. The highest BCUT2D eigenvalue weighted by Crippen LogP contribution is 2.41. The molecule has 2 aromatic rings.